The van der Waals surface area contributed by atoms with E-state index in [4.69, 9.17) is 5.11 Å². The van der Waals surface area contributed by atoms with Gasteiger partial charge in [-0.2, -0.15) is 0 Å². The normalized spacial score (nSPS) is 14.1. The smallest absolute Gasteiger partial charge is 0.0681 e. The van der Waals surface area contributed by atoms with Gasteiger partial charge in [-0.1, -0.05) is 18.2 Å². The Balaban J connectivity index is 2.42. The highest BCUT2D eigenvalue weighted by atomic mass is 16.3. The maximum absolute atomic E-state index is 8.78. The first-order valence-corrected chi connectivity index (χ1v) is 3.61. The maximum atomic E-state index is 8.78. The van der Waals surface area contributed by atoms with Crippen molar-refractivity contribution in [1.29, 1.82) is 0 Å². The minimum absolute atomic E-state index is 0.174. The van der Waals surface area contributed by atoms with Crippen molar-refractivity contribution >= 4 is 0 Å². The van der Waals surface area contributed by atoms with Crippen LogP contribution in [0.15, 0.2) is 18.2 Å². The molecular weight excluding hydrogens is 124 g/mol. The molecule has 0 aromatic heterocycles. The number of hydrogen-bond donors (Lipinski definition) is 1. The number of rotatable bonds is 1. The van der Waals surface area contributed by atoms with E-state index in [0.717, 1.165) is 5.56 Å². The Morgan fingerprint density at radius 2 is 2.00 bits per heavy atom. The van der Waals surface area contributed by atoms with Crippen molar-refractivity contribution in [3.8, 4) is 0 Å². The van der Waals surface area contributed by atoms with E-state index < -0.39 is 0 Å². The monoisotopic (exact) mass is 134 g/mol. The van der Waals surface area contributed by atoms with Crippen LogP contribution in [0.4, 0.5) is 0 Å². The van der Waals surface area contributed by atoms with Crippen LogP contribution in [-0.4, -0.2) is 5.11 Å². The number of benzene rings is 1. The SMILES string of the molecule is OCc1ccc2c(c1)CC2. The highest BCUT2D eigenvalue weighted by Gasteiger charge is 2.11. The Morgan fingerprint density at radius 1 is 1.20 bits per heavy atom. The van der Waals surface area contributed by atoms with Crippen molar-refractivity contribution in [2.45, 2.75) is 19.4 Å². The van der Waals surface area contributed by atoms with Gasteiger partial charge in [-0.15, -0.1) is 0 Å². The van der Waals surface area contributed by atoms with Gasteiger partial charge < -0.3 is 5.11 Å². The number of hydrogen-bond acceptors (Lipinski definition) is 1. The summed E-state index contributed by atoms with van der Waals surface area (Å²) in [7, 11) is 0. The second kappa shape index (κ2) is 2.10. The number of aliphatic hydroxyl groups is 1. The zero-order valence-corrected chi connectivity index (χ0v) is 5.80. The minimum Gasteiger partial charge on any atom is -0.392 e. The average Bonchev–Trinajstić information content (AvgIpc) is 1.92. The molecule has 0 saturated carbocycles. The van der Waals surface area contributed by atoms with Crippen molar-refractivity contribution in [3.05, 3.63) is 34.9 Å². The minimum atomic E-state index is 0.174. The van der Waals surface area contributed by atoms with E-state index in [1.54, 1.807) is 0 Å². The second-order valence-corrected chi connectivity index (χ2v) is 2.76. The summed E-state index contributed by atoms with van der Waals surface area (Å²) < 4.78 is 0. The van der Waals surface area contributed by atoms with Gasteiger partial charge in [-0.3, -0.25) is 0 Å². The molecule has 10 heavy (non-hydrogen) atoms. The summed E-state index contributed by atoms with van der Waals surface area (Å²) in [6, 6.07) is 6.21. The average molecular weight is 134 g/mol. The first-order valence-electron chi connectivity index (χ1n) is 3.61. The molecule has 1 heteroatoms. The van der Waals surface area contributed by atoms with Gasteiger partial charge in [0.15, 0.2) is 0 Å². The molecule has 0 amide bonds. The summed E-state index contributed by atoms with van der Waals surface area (Å²) in [6.07, 6.45) is 2.42. The van der Waals surface area contributed by atoms with Crippen LogP contribution in [0.3, 0.4) is 0 Å². The molecule has 0 bridgehead atoms. The zero-order valence-electron chi connectivity index (χ0n) is 5.80. The van der Waals surface area contributed by atoms with Gasteiger partial charge in [0.05, 0.1) is 6.61 Å². The van der Waals surface area contributed by atoms with Crippen LogP contribution in [0.2, 0.25) is 0 Å². The van der Waals surface area contributed by atoms with Crippen molar-refractivity contribution in [2.24, 2.45) is 0 Å². The second-order valence-electron chi connectivity index (χ2n) is 2.76. The van der Waals surface area contributed by atoms with E-state index in [0.29, 0.717) is 0 Å². The molecule has 1 N–H and O–H groups in total. The molecule has 0 atom stereocenters. The summed E-state index contributed by atoms with van der Waals surface area (Å²) in [4.78, 5) is 0. The predicted molar refractivity (Wildman–Crippen MR) is 39.8 cm³/mol. The Bertz CT molecular complexity index is 253. The summed E-state index contributed by atoms with van der Waals surface area (Å²) in [6.45, 7) is 0.174. The van der Waals surface area contributed by atoms with Gasteiger partial charge in [0.2, 0.25) is 0 Å². The fourth-order valence-corrected chi connectivity index (χ4v) is 1.35. The number of fused-ring (bicyclic) bond motifs is 1. The van der Waals surface area contributed by atoms with Crippen LogP contribution < -0.4 is 0 Å². The fourth-order valence-electron chi connectivity index (χ4n) is 1.35. The largest absolute Gasteiger partial charge is 0.392 e. The molecule has 0 spiro atoms. The standard InChI is InChI=1S/C9H10O/c10-6-7-1-2-8-3-4-9(8)5-7/h1-2,5,10H,3-4,6H2. The molecule has 2 rings (SSSR count). The molecule has 0 saturated heterocycles. The maximum Gasteiger partial charge on any atom is 0.0681 e. The Labute approximate surface area is 60.3 Å². The van der Waals surface area contributed by atoms with Crippen LogP contribution in [-0.2, 0) is 19.4 Å². The highest BCUT2D eigenvalue weighted by molar-refractivity contribution is 5.38. The van der Waals surface area contributed by atoms with Crippen molar-refractivity contribution in [3.63, 3.8) is 0 Å². The van der Waals surface area contributed by atoms with Gasteiger partial charge in [0.1, 0.15) is 0 Å². The van der Waals surface area contributed by atoms with Crippen molar-refractivity contribution in [2.75, 3.05) is 0 Å². The molecule has 0 radical (unpaired) electrons. The summed E-state index contributed by atoms with van der Waals surface area (Å²) in [5, 5.41) is 8.78. The summed E-state index contributed by atoms with van der Waals surface area (Å²) in [5.41, 5.74) is 3.92. The molecule has 0 heterocycles. The van der Waals surface area contributed by atoms with E-state index >= 15 is 0 Å². The topological polar surface area (TPSA) is 20.2 Å². The fraction of sp³-hybridized carbons (Fsp3) is 0.333. The summed E-state index contributed by atoms with van der Waals surface area (Å²) in [5.74, 6) is 0. The lowest BCUT2D eigenvalue weighted by Gasteiger charge is -2.18. The zero-order chi connectivity index (χ0) is 6.97. The van der Waals surface area contributed by atoms with Crippen LogP contribution in [0.5, 0.6) is 0 Å². The summed E-state index contributed by atoms with van der Waals surface area (Å²) >= 11 is 0. The lowest BCUT2D eigenvalue weighted by atomic mass is 9.87. The Kier molecular flexibility index (Phi) is 1.24. The van der Waals surface area contributed by atoms with E-state index in [1.807, 2.05) is 6.07 Å². The quantitative estimate of drug-likeness (QED) is 0.613. The highest BCUT2D eigenvalue weighted by Crippen LogP contribution is 2.23. The van der Waals surface area contributed by atoms with Crippen LogP contribution >= 0.6 is 0 Å². The third-order valence-corrected chi connectivity index (χ3v) is 2.12. The third-order valence-electron chi connectivity index (χ3n) is 2.12. The predicted octanol–water partition coefficient (Wildman–Crippen LogP) is 1.28. The molecule has 1 aliphatic carbocycles. The molecule has 0 unspecified atom stereocenters. The molecule has 0 fully saturated rings. The molecule has 0 aliphatic heterocycles. The molecule has 1 aromatic rings. The van der Waals surface area contributed by atoms with E-state index in [-0.39, 0.29) is 6.61 Å². The van der Waals surface area contributed by atoms with Crippen LogP contribution in [0, 0.1) is 0 Å². The van der Waals surface area contributed by atoms with Crippen molar-refractivity contribution < 1.29 is 5.11 Å². The van der Waals surface area contributed by atoms with Crippen molar-refractivity contribution in [1.82, 2.24) is 0 Å². The number of aliphatic hydroxyl groups excluding tert-OH is 1. The van der Waals surface area contributed by atoms with Gasteiger partial charge in [-0.25, -0.2) is 0 Å². The van der Waals surface area contributed by atoms with Crippen LogP contribution in [0.1, 0.15) is 16.7 Å². The van der Waals surface area contributed by atoms with E-state index in [2.05, 4.69) is 12.1 Å². The van der Waals surface area contributed by atoms with E-state index in [1.165, 1.54) is 24.0 Å². The molecular formula is C9H10O. The molecule has 1 aromatic carbocycles. The lowest BCUT2D eigenvalue weighted by molar-refractivity contribution is 0.281. The van der Waals surface area contributed by atoms with Crippen LogP contribution in [0.25, 0.3) is 0 Å². The van der Waals surface area contributed by atoms with Gasteiger partial charge >= 0.3 is 0 Å². The molecule has 52 valence electrons. The van der Waals surface area contributed by atoms with Gasteiger partial charge in [-0.05, 0) is 29.5 Å². The molecule has 1 nitrogen and oxygen atoms in total. The third kappa shape index (κ3) is 0.745. The first kappa shape index (κ1) is 5.93. The molecule has 1 aliphatic rings. The first-order chi connectivity index (χ1) is 4.90. The van der Waals surface area contributed by atoms with Gasteiger partial charge in [0.25, 0.3) is 0 Å². The number of aryl methyl sites for hydroxylation is 2. The Hall–Kier alpha value is -0.820. The lowest BCUT2D eigenvalue weighted by Crippen LogP contribution is -2.08. The Morgan fingerprint density at radius 3 is 2.50 bits per heavy atom. The van der Waals surface area contributed by atoms with E-state index in [9.17, 15) is 0 Å². The van der Waals surface area contributed by atoms with Gasteiger partial charge in [0, 0.05) is 0 Å².